The van der Waals surface area contributed by atoms with Crippen molar-refractivity contribution in [3.05, 3.63) is 89.7 Å². The normalized spacial score (nSPS) is 17.8. The third-order valence-electron chi connectivity index (χ3n) is 6.70. The van der Waals surface area contributed by atoms with Crippen LogP contribution in [0.15, 0.2) is 79.1 Å². The summed E-state index contributed by atoms with van der Waals surface area (Å²) in [6.45, 7) is 0.753. The van der Waals surface area contributed by atoms with Crippen LogP contribution in [0.5, 0.6) is 0 Å². The summed E-state index contributed by atoms with van der Waals surface area (Å²) >= 11 is 6.38. The van der Waals surface area contributed by atoms with E-state index >= 15 is 0 Å². The first-order valence-corrected chi connectivity index (χ1v) is 14.1. The zero-order chi connectivity index (χ0) is 31.0. The Balaban J connectivity index is 0.000000410. The van der Waals surface area contributed by atoms with E-state index in [1.165, 1.54) is 12.3 Å². The van der Waals surface area contributed by atoms with Gasteiger partial charge in [0.2, 0.25) is 11.9 Å². The summed E-state index contributed by atoms with van der Waals surface area (Å²) in [5.41, 5.74) is 7.51. The van der Waals surface area contributed by atoms with Gasteiger partial charge in [0, 0.05) is 59.7 Å². The molecule has 2 aromatic heterocycles. The monoisotopic (exact) mass is 609 g/mol. The van der Waals surface area contributed by atoms with E-state index in [0.717, 1.165) is 23.0 Å². The van der Waals surface area contributed by atoms with Crippen molar-refractivity contribution in [2.24, 2.45) is 5.73 Å². The molecule has 5 N–H and O–H groups in total. The number of carbonyl (C=O) groups is 2. The zero-order valence-electron chi connectivity index (χ0n) is 23.9. The maximum absolute atomic E-state index is 14.5. The van der Waals surface area contributed by atoms with Gasteiger partial charge in [-0.3, -0.25) is 9.59 Å². The number of nitrogens with two attached hydrogens (primary N) is 1. The van der Waals surface area contributed by atoms with Crippen LogP contribution in [0.3, 0.4) is 0 Å². The Morgan fingerprint density at radius 2 is 1.81 bits per heavy atom. The average molecular weight is 610 g/mol. The first-order valence-electron chi connectivity index (χ1n) is 13.7. The largest absolute Gasteiger partial charge is 0.366 e. The molecule has 0 bridgehead atoms. The Morgan fingerprint density at radius 3 is 2.53 bits per heavy atom. The number of para-hydroxylation sites is 1. The number of hydrogen-bond acceptors (Lipinski definition) is 6. The quantitative estimate of drug-likeness (QED) is 0.202. The molecule has 2 aromatic carbocycles. The molecular formula is C31H34ClF2N7O2. The van der Waals surface area contributed by atoms with E-state index in [4.69, 9.17) is 17.3 Å². The molecule has 0 radical (unpaired) electrons. The third-order valence-corrected chi connectivity index (χ3v) is 6.98. The van der Waals surface area contributed by atoms with E-state index in [1.54, 1.807) is 36.4 Å². The summed E-state index contributed by atoms with van der Waals surface area (Å²) < 4.78 is 29.1. The molecule has 1 fully saturated rings. The molecule has 9 nitrogen and oxygen atoms in total. The maximum atomic E-state index is 14.5. The van der Waals surface area contributed by atoms with Gasteiger partial charge >= 0.3 is 0 Å². The number of carbonyl (C=O) groups excluding carboxylic acids is 2. The summed E-state index contributed by atoms with van der Waals surface area (Å²) in [5.74, 6) is -3.49. The topological polar surface area (TPSA) is 129 Å². The molecule has 43 heavy (non-hydrogen) atoms. The van der Waals surface area contributed by atoms with Crippen LogP contribution in [-0.4, -0.2) is 70.3 Å². The number of amides is 2. The zero-order valence-corrected chi connectivity index (χ0v) is 24.6. The molecule has 1 saturated carbocycles. The van der Waals surface area contributed by atoms with Crippen LogP contribution in [-0.2, 0) is 4.79 Å². The lowest BCUT2D eigenvalue weighted by Crippen LogP contribution is -2.48. The summed E-state index contributed by atoms with van der Waals surface area (Å²) in [4.78, 5) is 36.5. The van der Waals surface area contributed by atoms with Crippen LogP contribution >= 0.6 is 11.6 Å². The van der Waals surface area contributed by atoms with Gasteiger partial charge < -0.3 is 26.3 Å². The number of halogens is 3. The predicted molar refractivity (Wildman–Crippen MR) is 165 cm³/mol. The highest BCUT2D eigenvalue weighted by atomic mass is 35.5. The molecule has 0 saturated heterocycles. The van der Waals surface area contributed by atoms with Gasteiger partial charge in [0.1, 0.15) is 0 Å². The second kappa shape index (κ2) is 14.2. The van der Waals surface area contributed by atoms with Crippen molar-refractivity contribution in [1.29, 1.82) is 0 Å². The first-order chi connectivity index (χ1) is 20.5. The SMILES string of the molecule is CN(C)C/C=C/C(N)=O.O=C(NC1CC(Nc2ncc(Cl)c(-c3c[nH]c4ccccc34)n2)CC(F)(F)C1)c1ccccc1. The number of fused-ring (bicyclic) bond motifs is 1. The van der Waals surface area contributed by atoms with Crippen molar-refractivity contribution in [1.82, 2.24) is 25.2 Å². The smallest absolute Gasteiger partial charge is 0.252 e. The molecule has 0 spiro atoms. The number of nitrogens with one attached hydrogen (secondary N) is 3. The molecular weight excluding hydrogens is 576 g/mol. The van der Waals surface area contributed by atoms with E-state index in [9.17, 15) is 18.4 Å². The summed E-state index contributed by atoms with van der Waals surface area (Å²) in [5, 5.41) is 7.08. The Hall–Kier alpha value is -4.35. The first kappa shape index (κ1) is 31.6. The van der Waals surface area contributed by atoms with Gasteiger partial charge in [0.05, 0.1) is 16.9 Å². The molecule has 1 aliphatic carbocycles. The molecule has 0 aliphatic heterocycles. The number of aromatic nitrogens is 3. The molecule has 2 atom stereocenters. The van der Waals surface area contributed by atoms with Gasteiger partial charge in [-0.25, -0.2) is 18.7 Å². The molecule has 12 heteroatoms. The van der Waals surface area contributed by atoms with Crippen LogP contribution in [0.1, 0.15) is 29.6 Å². The fourth-order valence-corrected chi connectivity index (χ4v) is 5.04. The Kier molecular flexibility index (Phi) is 10.4. The molecule has 2 unspecified atom stereocenters. The highest BCUT2D eigenvalue weighted by molar-refractivity contribution is 6.33. The van der Waals surface area contributed by atoms with E-state index in [1.807, 2.05) is 49.5 Å². The fraction of sp³-hybridized carbons (Fsp3) is 0.290. The van der Waals surface area contributed by atoms with Crippen molar-refractivity contribution in [3.8, 4) is 11.3 Å². The summed E-state index contributed by atoms with van der Waals surface area (Å²) in [6.07, 6.45) is 5.89. The standard InChI is InChI=1S/C25H22ClF2N5O.C6H12N2O/c26-20-14-30-24(33-22(20)19-13-29-21-9-5-4-8-18(19)21)32-17-10-16(11-25(27,28)12-17)31-23(34)15-6-2-1-3-7-15;1-8(2)5-3-4-6(7)9/h1-9,13-14,16-17,29H,10-12H2,(H,31,34)(H,30,32,33);3-4H,5H2,1-2H3,(H2,7,9)/b;4-3+. The lowest BCUT2D eigenvalue weighted by molar-refractivity contribution is -0.113. The molecule has 4 aromatic rings. The maximum Gasteiger partial charge on any atom is 0.252 e. The molecule has 2 amide bonds. The summed E-state index contributed by atoms with van der Waals surface area (Å²) in [6, 6.07) is 15.0. The van der Waals surface area contributed by atoms with Gasteiger partial charge in [-0.15, -0.1) is 0 Å². The van der Waals surface area contributed by atoms with Crippen LogP contribution in [0, 0.1) is 0 Å². The second-order valence-electron chi connectivity index (χ2n) is 10.6. The van der Waals surface area contributed by atoms with Crippen molar-refractivity contribution >= 4 is 40.3 Å². The molecule has 1 aliphatic rings. The highest BCUT2D eigenvalue weighted by Gasteiger charge is 2.42. The molecule has 2 heterocycles. The molecule has 5 rings (SSSR count). The van der Waals surface area contributed by atoms with Crippen molar-refractivity contribution < 1.29 is 18.4 Å². The van der Waals surface area contributed by atoms with E-state index < -0.39 is 30.3 Å². The number of likely N-dealkylation sites (N-methyl/N-ethyl adjacent to an activating group) is 1. The van der Waals surface area contributed by atoms with Crippen LogP contribution in [0.25, 0.3) is 22.2 Å². The lowest BCUT2D eigenvalue weighted by atomic mass is 9.87. The van der Waals surface area contributed by atoms with Gasteiger partial charge in [0.15, 0.2) is 0 Å². The van der Waals surface area contributed by atoms with E-state index in [0.29, 0.717) is 22.7 Å². The Morgan fingerprint density at radius 1 is 1.12 bits per heavy atom. The van der Waals surface area contributed by atoms with Gasteiger partial charge in [-0.2, -0.15) is 0 Å². The minimum absolute atomic E-state index is 0.209. The van der Waals surface area contributed by atoms with Gasteiger partial charge in [-0.05, 0) is 44.8 Å². The number of H-pyrrole nitrogens is 1. The summed E-state index contributed by atoms with van der Waals surface area (Å²) in [7, 11) is 3.84. The highest BCUT2D eigenvalue weighted by Crippen LogP contribution is 2.36. The second-order valence-corrected chi connectivity index (χ2v) is 11.0. The number of nitrogens with zero attached hydrogens (tertiary/aromatic N) is 3. The number of anilines is 1. The minimum Gasteiger partial charge on any atom is -0.366 e. The fourth-order valence-electron chi connectivity index (χ4n) is 4.85. The Bertz CT molecular complexity index is 1580. The number of benzene rings is 2. The number of aromatic amines is 1. The van der Waals surface area contributed by atoms with Gasteiger partial charge in [-0.1, -0.05) is 54.1 Å². The van der Waals surface area contributed by atoms with E-state index in [2.05, 4.69) is 25.6 Å². The minimum atomic E-state index is -2.93. The third kappa shape index (κ3) is 9.07. The number of rotatable bonds is 8. The van der Waals surface area contributed by atoms with Crippen molar-refractivity contribution in [3.63, 3.8) is 0 Å². The number of primary amides is 1. The predicted octanol–water partition coefficient (Wildman–Crippen LogP) is 5.27. The van der Waals surface area contributed by atoms with Crippen LogP contribution in [0.2, 0.25) is 5.02 Å². The van der Waals surface area contributed by atoms with E-state index in [-0.39, 0.29) is 18.3 Å². The number of alkyl halides is 2. The van der Waals surface area contributed by atoms with Crippen LogP contribution < -0.4 is 16.4 Å². The average Bonchev–Trinajstić information content (AvgIpc) is 3.38. The van der Waals surface area contributed by atoms with Crippen molar-refractivity contribution in [2.45, 2.75) is 37.3 Å². The number of hydrogen-bond donors (Lipinski definition) is 4. The van der Waals surface area contributed by atoms with Crippen molar-refractivity contribution in [2.75, 3.05) is 26.0 Å². The van der Waals surface area contributed by atoms with Crippen LogP contribution in [0.4, 0.5) is 14.7 Å². The lowest BCUT2D eigenvalue weighted by Gasteiger charge is -2.35. The molecule has 226 valence electrons. The Labute approximate surface area is 253 Å². The van der Waals surface area contributed by atoms with Gasteiger partial charge in [0.25, 0.3) is 11.8 Å².